The minimum absolute atomic E-state index is 0.112. The van der Waals surface area contributed by atoms with Crippen LogP contribution >= 0.6 is 11.8 Å². The molecule has 0 bridgehead atoms. The lowest BCUT2D eigenvalue weighted by molar-refractivity contribution is -0.113. The van der Waals surface area contributed by atoms with E-state index in [-0.39, 0.29) is 29.9 Å². The highest BCUT2D eigenvalue weighted by Gasteiger charge is 2.15. The van der Waals surface area contributed by atoms with Crippen molar-refractivity contribution in [1.29, 1.82) is 0 Å². The zero-order valence-corrected chi connectivity index (χ0v) is 17.3. The Morgan fingerprint density at radius 1 is 1.17 bits per heavy atom. The first-order valence-electron chi connectivity index (χ1n) is 9.17. The molecule has 2 heterocycles. The maximum absolute atomic E-state index is 12.4. The van der Waals surface area contributed by atoms with Crippen LogP contribution in [0.2, 0.25) is 0 Å². The van der Waals surface area contributed by atoms with Crippen LogP contribution < -0.4 is 10.6 Å². The van der Waals surface area contributed by atoms with Crippen LogP contribution in [0.3, 0.4) is 0 Å². The summed E-state index contributed by atoms with van der Waals surface area (Å²) in [5.74, 6) is 0.904. The van der Waals surface area contributed by atoms with E-state index in [0.29, 0.717) is 16.9 Å². The minimum atomic E-state index is -0.324. The van der Waals surface area contributed by atoms with Gasteiger partial charge in [0.2, 0.25) is 5.91 Å². The van der Waals surface area contributed by atoms with Gasteiger partial charge < -0.3 is 19.6 Å². The van der Waals surface area contributed by atoms with Gasteiger partial charge in [0.05, 0.1) is 18.6 Å². The number of nitrogens with one attached hydrogen (secondary N) is 2. The number of anilines is 1. The zero-order valence-electron chi connectivity index (χ0n) is 16.5. The van der Waals surface area contributed by atoms with Crippen molar-refractivity contribution in [1.82, 2.24) is 20.1 Å². The second-order valence-corrected chi connectivity index (χ2v) is 7.64. The molecule has 0 unspecified atom stereocenters. The lowest BCUT2D eigenvalue weighted by Crippen LogP contribution is -2.24. The molecular formula is C20H23N5O3S. The molecule has 0 atom stereocenters. The van der Waals surface area contributed by atoms with Crippen LogP contribution in [-0.4, -0.2) is 32.3 Å². The maximum atomic E-state index is 12.4. The highest BCUT2D eigenvalue weighted by atomic mass is 32.2. The number of amides is 2. The van der Waals surface area contributed by atoms with E-state index in [1.54, 1.807) is 23.7 Å². The predicted molar refractivity (Wildman–Crippen MR) is 111 cm³/mol. The average molecular weight is 414 g/mol. The van der Waals surface area contributed by atoms with Crippen LogP contribution in [0, 0.1) is 0 Å². The highest BCUT2D eigenvalue weighted by molar-refractivity contribution is 7.99. The summed E-state index contributed by atoms with van der Waals surface area (Å²) in [5.41, 5.74) is 1.92. The summed E-state index contributed by atoms with van der Waals surface area (Å²) in [6, 6.07) is 11.0. The summed E-state index contributed by atoms with van der Waals surface area (Å²) in [4.78, 5) is 24.3. The molecule has 0 aliphatic rings. The van der Waals surface area contributed by atoms with E-state index >= 15 is 0 Å². The standard InChI is InChI=1S/C20H23N5O3S/c1-13(2)14-7-4-5-8-15(14)22-18(26)12-29-20-24-23-17(25(20)3)11-21-19(27)16-9-6-10-28-16/h4-10,13H,11-12H2,1-3H3,(H,21,27)(H,22,26). The van der Waals surface area contributed by atoms with Gasteiger partial charge in [-0.05, 0) is 29.7 Å². The predicted octanol–water partition coefficient (Wildman–Crippen LogP) is 3.19. The Hall–Kier alpha value is -3.07. The van der Waals surface area contributed by atoms with E-state index in [2.05, 4.69) is 34.7 Å². The van der Waals surface area contributed by atoms with E-state index in [1.165, 1.54) is 18.0 Å². The second-order valence-electron chi connectivity index (χ2n) is 6.70. The van der Waals surface area contributed by atoms with Crippen molar-refractivity contribution in [2.75, 3.05) is 11.1 Å². The Morgan fingerprint density at radius 3 is 2.69 bits per heavy atom. The molecule has 2 amide bonds. The number of rotatable bonds is 8. The molecule has 2 N–H and O–H groups in total. The molecule has 0 fully saturated rings. The first-order valence-corrected chi connectivity index (χ1v) is 10.2. The number of carbonyl (C=O) groups excluding carboxylic acids is 2. The van der Waals surface area contributed by atoms with Gasteiger partial charge in [0, 0.05) is 12.7 Å². The highest BCUT2D eigenvalue weighted by Crippen LogP contribution is 2.24. The van der Waals surface area contributed by atoms with Crippen molar-refractivity contribution in [2.24, 2.45) is 7.05 Å². The Morgan fingerprint density at radius 2 is 1.97 bits per heavy atom. The van der Waals surface area contributed by atoms with Crippen LogP contribution in [0.5, 0.6) is 0 Å². The monoisotopic (exact) mass is 413 g/mol. The molecule has 0 radical (unpaired) electrons. The summed E-state index contributed by atoms with van der Waals surface area (Å²) in [5, 5.41) is 14.5. The van der Waals surface area contributed by atoms with Gasteiger partial charge in [0.1, 0.15) is 0 Å². The third kappa shape index (κ3) is 5.26. The van der Waals surface area contributed by atoms with Crippen LogP contribution in [0.1, 0.15) is 41.7 Å². The summed E-state index contributed by atoms with van der Waals surface area (Å²) in [6.07, 6.45) is 1.44. The number of hydrogen-bond donors (Lipinski definition) is 2. The minimum Gasteiger partial charge on any atom is -0.459 e. The molecule has 0 saturated carbocycles. The van der Waals surface area contributed by atoms with Crippen LogP contribution in [-0.2, 0) is 18.4 Å². The summed E-state index contributed by atoms with van der Waals surface area (Å²) < 4.78 is 6.80. The molecule has 0 spiro atoms. The van der Waals surface area contributed by atoms with Crippen molar-refractivity contribution >= 4 is 29.3 Å². The number of hydrogen-bond acceptors (Lipinski definition) is 6. The zero-order chi connectivity index (χ0) is 20.8. The van der Waals surface area contributed by atoms with Crippen molar-refractivity contribution in [3.63, 3.8) is 0 Å². The van der Waals surface area contributed by atoms with E-state index in [4.69, 9.17) is 4.42 Å². The fraction of sp³-hybridized carbons (Fsp3) is 0.300. The number of thioether (sulfide) groups is 1. The lowest BCUT2D eigenvalue weighted by Gasteiger charge is -2.13. The first-order chi connectivity index (χ1) is 14.0. The van der Waals surface area contributed by atoms with E-state index in [0.717, 1.165) is 11.3 Å². The molecule has 2 aromatic heterocycles. The van der Waals surface area contributed by atoms with Gasteiger partial charge >= 0.3 is 0 Å². The van der Waals surface area contributed by atoms with Crippen molar-refractivity contribution in [3.8, 4) is 0 Å². The molecule has 29 heavy (non-hydrogen) atoms. The van der Waals surface area contributed by atoms with Crippen molar-refractivity contribution in [2.45, 2.75) is 31.5 Å². The number of furan rings is 1. The second kappa shape index (κ2) is 9.42. The number of nitrogens with zero attached hydrogens (tertiary/aromatic N) is 3. The topological polar surface area (TPSA) is 102 Å². The number of aromatic nitrogens is 3. The number of carbonyl (C=O) groups is 2. The summed E-state index contributed by atoms with van der Waals surface area (Å²) in [6.45, 7) is 4.38. The van der Waals surface area contributed by atoms with Gasteiger partial charge in [-0.25, -0.2) is 0 Å². The molecule has 1 aromatic carbocycles. The van der Waals surface area contributed by atoms with Crippen molar-refractivity contribution in [3.05, 3.63) is 59.8 Å². The fourth-order valence-corrected chi connectivity index (χ4v) is 3.44. The largest absolute Gasteiger partial charge is 0.459 e. The SMILES string of the molecule is CC(C)c1ccccc1NC(=O)CSc1nnc(CNC(=O)c2ccco2)n1C. The molecule has 0 aliphatic carbocycles. The van der Waals surface area contributed by atoms with Gasteiger partial charge in [-0.1, -0.05) is 43.8 Å². The molecule has 3 aromatic rings. The molecule has 9 heteroatoms. The van der Waals surface area contributed by atoms with E-state index < -0.39 is 0 Å². The normalized spacial score (nSPS) is 10.9. The third-order valence-corrected chi connectivity index (χ3v) is 5.29. The molecular weight excluding hydrogens is 390 g/mol. The molecule has 3 rings (SSSR count). The van der Waals surface area contributed by atoms with Crippen LogP contribution in [0.4, 0.5) is 5.69 Å². The first kappa shape index (κ1) is 20.7. The summed E-state index contributed by atoms with van der Waals surface area (Å²) in [7, 11) is 1.79. The van der Waals surface area contributed by atoms with Gasteiger partial charge in [-0.15, -0.1) is 10.2 Å². The maximum Gasteiger partial charge on any atom is 0.287 e. The Labute approximate surface area is 173 Å². The lowest BCUT2D eigenvalue weighted by atomic mass is 10.0. The average Bonchev–Trinajstić information content (AvgIpc) is 3.35. The van der Waals surface area contributed by atoms with Crippen LogP contribution in [0.25, 0.3) is 0 Å². The quantitative estimate of drug-likeness (QED) is 0.550. The molecule has 152 valence electrons. The smallest absolute Gasteiger partial charge is 0.287 e. The Balaban J connectivity index is 1.54. The van der Waals surface area contributed by atoms with Gasteiger partial charge in [0.25, 0.3) is 5.91 Å². The van der Waals surface area contributed by atoms with E-state index in [9.17, 15) is 9.59 Å². The van der Waals surface area contributed by atoms with Gasteiger partial charge in [-0.2, -0.15) is 0 Å². The third-order valence-electron chi connectivity index (χ3n) is 4.27. The van der Waals surface area contributed by atoms with E-state index in [1.807, 2.05) is 24.3 Å². The van der Waals surface area contributed by atoms with Crippen LogP contribution in [0.15, 0.2) is 52.2 Å². The molecule has 8 nitrogen and oxygen atoms in total. The Bertz CT molecular complexity index is 982. The van der Waals surface area contributed by atoms with Crippen molar-refractivity contribution < 1.29 is 14.0 Å². The Kier molecular flexibility index (Phi) is 6.71. The molecule has 0 saturated heterocycles. The number of para-hydroxylation sites is 1. The number of benzene rings is 1. The van der Waals surface area contributed by atoms with Gasteiger partial charge in [0.15, 0.2) is 16.7 Å². The fourth-order valence-electron chi connectivity index (χ4n) is 2.71. The molecule has 0 aliphatic heterocycles. The van der Waals surface area contributed by atoms with Gasteiger partial charge in [-0.3, -0.25) is 9.59 Å². The summed E-state index contributed by atoms with van der Waals surface area (Å²) >= 11 is 1.29.